The lowest BCUT2D eigenvalue weighted by atomic mass is 9.95. The SMILES string of the molecule is O=C1C(=O)N([C@@H]2CCS(=O)(=O)C2)[C@@H](c2ccc(Cl)cc2)/C1=C(\O)c1ccc(Cl)cc1. The van der Waals surface area contributed by atoms with E-state index in [0.29, 0.717) is 21.2 Å². The van der Waals surface area contributed by atoms with Crippen molar-refractivity contribution < 1.29 is 23.1 Å². The van der Waals surface area contributed by atoms with Crippen LogP contribution < -0.4 is 0 Å². The fourth-order valence-electron chi connectivity index (χ4n) is 3.96. The minimum atomic E-state index is -3.30. The average Bonchev–Trinajstić information content (AvgIpc) is 3.19. The highest BCUT2D eigenvalue weighted by atomic mass is 35.5. The Kier molecular flexibility index (Phi) is 5.38. The molecule has 9 heteroatoms. The smallest absolute Gasteiger partial charge is 0.295 e. The van der Waals surface area contributed by atoms with Crippen LogP contribution in [-0.2, 0) is 19.4 Å². The summed E-state index contributed by atoms with van der Waals surface area (Å²) in [5.41, 5.74) is 0.794. The second kappa shape index (κ2) is 7.72. The number of hydrogen-bond acceptors (Lipinski definition) is 5. The monoisotopic (exact) mass is 465 g/mol. The Hall–Kier alpha value is -2.35. The van der Waals surface area contributed by atoms with E-state index < -0.39 is 33.6 Å². The molecule has 2 saturated heterocycles. The molecule has 1 N–H and O–H groups in total. The normalized spacial score (nSPS) is 25.1. The Morgan fingerprint density at radius 3 is 2.07 bits per heavy atom. The van der Waals surface area contributed by atoms with E-state index in [1.54, 1.807) is 48.5 Å². The van der Waals surface area contributed by atoms with Crippen LogP contribution in [0.5, 0.6) is 0 Å². The van der Waals surface area contributed by atoms with Gasteiger partial charge in [0, 0.05) is 21.7 Å². The van der Waals surface area contributed by atoms with Gasteiger partial charge in [0.25, 0.3) is 11.7 Å². The van der Waals surface area contributed by atoms with Crippen LogP contribution >= 0.6 is 23.2 Å². The average molecular weight is 466 g/mol. The first-order valence-corrected chi connectivity index (χ1v) is 11.8. The van der Waals surface area contributed by atoms with Gasteiger partial charge >= 0.3 is 0 Å². The molecule has 2 aliphatic rings. The van der Waals surface area contributed by atoms with Crippen molar-refractivity contribution >= 4 is 50.5 Å². The number of carbonyl (C=O) groups is 2. The number of rotatable bonds is 3. The van der Waals surface area contributed by atoms with Gasteiger partial charge in [-0.15, -0.1) is 0 Å². The molecule has 1 amide bonds. The standard InChI is InChI=1S/C21H17Cl2NO5S/c22-14-5-1-12(2-6-14)18-17(19(25)13-3-7-15(23)8-4-13)20(26)21(27)24(18)16-9-10-30(28,29)11-16/h1-8,16,18,25H,9-11H2/b19-17+/t16-,18+/m1/s1. The second-order valence-electron chi connectivity index (χ2n) is 7.32. The summed E-state index contributed by atoms with van der Waals surface area (Å²) in [4.78, 5) is 27.2. The summed E-state index contributed by atoms with van der Waals surface area (Å²) in [5.74, 6) is -2.29. The number of benzene rings is 2. The van der Waals surface area contributed by atoms with Gasteiger partial charge in [0.1, 0.15) is 5.76 Å². The molecule has 0 aromatic heterocycles. The van der Waals surface area contributed by atoms with E-state index in [1.165, 1.54) is 4.90 Å². The van der Waals surface area contributed by atoms with Crippen LogP contribution in [0.1, 0.15) is 23.6 Å². The number of likely N-dealkylation sites (tertiary alicyclic amines) is 1. The molecule has 0 spiro atoms. The van der Waals surface area contributed by atoms with Crippen molar-refractivity contribution in [2.45, 2.75) is 18.5 Å². The van der Waals surface area contributed by atoms with Crippen molar-refractivity contribution in [3.05, 3.63) is 75.3 Å². The molecule has 2 fully saturated rings. The fraction of sp³-hybridized carbons (Fsp3) is 0.238. The third-order valence-corrected chi connectivity index (χ3v) is 7.64. The molecule has 6 nitrogen and oxygen atoms in total. The Bertz CT molecular complexity index is 1160. The van der Waals surface area contributed by atoms with Crippen molar-refractivity contribution in [3.63, 3.8) is 0 Å². The first-order valence-electron chi connectivity index (χ1n) is 9.20. The van der Waals surface area contributed by atoms with Crippen LogP contribution in [-0.4, -0.2) is 47.7 Å². The van der Waals surface area contributed by atoms with Gasteiger partial charge in [-0.1, -0.05) is 35.3 Å². The number of aliphatic hydroxyl groups excluding tert-OH is 1. The van der Waals surface area contributed by atoms with Gasteiger partial charge in [0.2, 0.25) is 0 Å². The van der Waals surface area contributed by atoms with E-state index in [-0.39, 0.29) is 29.3 Å². The van der Waals surface area contributed by atoms with E-state index in [2.05, 4.69) is 0 Å². The van der Waals surface area contributed by atoms with E-state index in [0.717, 1.165) is 0 Å². The highest BCUT2D eigenvalue weighted by molar-refractivity contribution is 7.91. The minimum absolute atomic E-state index is 0.0504. The molecule has 2 aliphatic heterocycles. The predicted octanol–water partition coefficient (Wildman–Crippen LogP) is 3.60. The van der Waals surface area contributed by atoms with E-state index in [4.69, 9.17) is 23.2 Å². The molecule has 4 rings (SSSR count). The maximum atomic E-state index is 13.0. The van der Waals surface area contributed by atoms with Crippen molar-refractivity contribution in [3.8, 4) is 0 Å². The first kappa shape index (κ1) is 20.9. The van der Waals surface area contributed by atoms with Crippen molar-refractivity contribution in [1.82, 2.24) is 4.90 Å². The largest absolute Gasteiger partial charge is 0.507 e. The number of ketones is 1. The highest BCUT2D eigenvalue weighted by Crippen LogP contribution is 2.42. The quantitative estimate of drug-likeness (QED) is 0.424. The third-order valence-electron chi connectivity index (χ3n) is 5.39. The van der Waals surface area contributed by atoms with E-state index in [9.17, 15) is 23.1 Å². The topological polar surface area (TPSA) is 91.8 Å². The molecular weight excluding hydrogens is 449 g/mol. The van der Waals surface area contributed by atoms with E-state index >= 15 is 0 Å². The molecule has 156 valence electrons. The number of aliphatic hydroxyl groups is 1. The molecule has 2 aromatic carbocycles. The molecule has 2 heterocycles. The Morgan fingerprint density at radius 1 is 0.967 bits per heavy atom. The van der Waals surface area contributed by atoms with Gasteiger partial charge in [0.15, 0.2) is 9.84 Å². The summed E-state index contributed by atoms with van der Waals surface area (Å²) in [6.07, 6.45) is 0.237. The number of amides is 1. The number of carbonyl (C=O) groups excluding carboxylic acids is 2. The van der Waals surface area contributed by atoms with Crippen molar-refractivity contribution in [2.75, 3.05) is 11.5 Å². The number of halogens is 2. The lowest BCUT2D eigenvalue weighted by Crippen LogP contribution is -2.40. The van der Waals surface area contributed by atoms with Crippen LogP contribution in [0, 0.1) is 0 Å². The van der Waals surface area contributed by atoms with Crippen LogP contribution in [0.15, 0.2) is 54.1 Å². The lowest BCUT2D eigenvalue weighted by Gasteiger charge is -2.30. The van der Waals surface area contributed by atoms with Crippen LogP contribution in [0.25, 0.3) is 5.76 Å². The summed E-state index contributed by atoms with van der Waals surface area (Å²) >= 11 is 11.9. The van der Waals surface area contributed by atoms with E-state index in [1.807, 2.05) is 0 Å². The maximum Gasteiger partial charge on any atom is 0.295 e. The predicted molar refractivity (Wildman–Crippen MR) is 114 cm³/mol. The minimum Gasteiger partial charge on any atom is -0.507 e. The zero-order valence-corrected chi connectivity index (χ0v) is 17.9. The lowest BCUT2D eigenvalue weighted by molar-refractivity contribution is -0.141. The second-order valence-corrected chi connectivity index (χ2v) is 10.4. The van der Waals surface area contributed by atoms with Crippen molar-refractivity contribution in [1.29, 1.82) is 0 Å². The maximum absolute atomic E-state index is 13.0. The highest BCUT2D eigenvalue weighted by Gasteiger charge is 2.50. The van der Waals surface area contributed by atoms with Gasteiger partial charge in [-0.3, -0.25) is 9.59 Å². The third kappa shape index (κ3) is 3.73. The molecule has 2 aromatic rings. The van der Waals surface area contributed by atoms with Gasteiger partial charge in [0.05, 0.1) is 23.1 Å². The molecular formula is C21H17Cl2NO5S. The van der Waals surface area contributed by atoms with Gasteiger partial charge in [-0.2, -0.15) is 0 Å². The molecule has 0 saturated carbocycles. The fourth-order valence-corrected chi connectivity index (χ4v) is 5.92. The summed E-state index contributed by atoms with van der Waals surface area (Å²) in [5, 5.41) is 11.9. The van der Waals surface area contributed by atoms with Crippen LogP contribution in [0.2, 0.25) is 10.0 Å². The van der Waals surface area contributed by atoms with Crippen molar-refractivity contribution in [2.24, 2.45) is 0 Å². The molecule has 30 heavy (non-hydrogen) atoms. The zero-order valence-electron chi connectivity index (χ0n) is 15.6. The Morgan fingerprint density at radius 2 is 1.53 bits per heavy atom. The number of sulfone groups is 1. The zero-order chi connectivity index (χ0) is 21.6. The summed E-state index contributed by atoms with van der Waals surface area (Å²) in [6.45, 7) is 0. The summed E-state index contributed by atoms with van der Waals surface area (Å²) in [6, 6.07) is 11.2. The molecule has 0 radical (unpaired) electrons. The van der Waals surface area contributed by atoms with Gasteiger partial charge < -0.3 is 10.0 Å². The molecule has 0 unspecified atom stereocenters. The van der Waals surface area contributed by atoms with Crippen LogP contribution in [0.3, 0.4) is 0 Å². The number of Topliss-reactive ketones (excluding diaryl/α,β-unsaturated/α-hetero) is 1. The molecule has 0 bridgehead atoms. The van der Waals surface area contributed by atoms with Crippen LogP contribution in [0.4, 0.5) is 0 Å². The Balaban J connectivity index is 1.88. The van der Waals surface area contributed by atoms with Gasteiger partial charge in [-0.05, 0) is 48.4 Å². The Labute approximate surface area is 183 Å². The molecule has 0 aliphatic carbocycles. The number of nitrogens with zero attached hydrogens (tertiary/aromatic N) is 1. The summed E-state index contributed by atoms with van der Waals surface area (Å²) in [7, 11) is -3.30. The summed E-state index contributed by atoms with van der Waals surface area (Å²) < 4.78 is 24.1. The van der Waals surface area contributed by atoms with Gasteiger partial charge in [-0.25, -0.2) is 8.42 Å². The number of hydrogen-bond donors (Lipinski definition) is 1. The first-order chi connectivity index (χ1) is 14.2. The molecule has 2 atom stereocenters.